The number of nitrogens with zero attached hydrogens (tertiary/aromatic N) is 2. The topological polar surface area (TPSA) is 159 Å². The molecule has 216 valence electrons. The van der Waals surface area contributed by atoms with Crippen LogP contribution >= 0.6 is 0 Å². The fraction of sp³-hybridized carbons (Fsp3) is 0.750. The van der Waals surface area contributed by atoms with E-state index >= 15 is 0 Å². The highest BCUT2D eigenvalue weighted by Gasteiger charge is 2.30. The van der Waals surface area contributed by atoms with Crippen LogP contribution < -0.4 is 0 Å². The van der Waals surface area contributed by atoms with Crippen LogP contribution in [0.15, 0.2) is 27.7 Å². The summed E-state index contributed by atoms with van der Waals surface area (Å²) >= 11 is 0. The van der Waals surface area contributed by atoms with Gasteiger partial charge in [0.2, 0.25) is 12.0 Å². The molecule has 0 radical (unpaired) electrons. The van der Waals surface area contributed by atoms with Crippen molar-refractivity contribution in [3.05, 3.63) is 36.2 Å². The first-order valence-corrected chi connectivity index (χ1v) is 14.1. The number of ether oxygens (including phenoxy) is 1. The molecule has 0 aliphatic heterocycles. The molecule has 0 aromatic carbocycles. The maximum Gasteiger partial charge on any atom is 0.307 e. The average molecular weight is 539 g/mol. The molecule has 2 rings (SSSR count). The molecule has 4 N–H and O–H groups in total. The molecule has 2 aromatic heterocycles. The number of aliphatic hydroxyl groups is 4. The second-order valence-electron chi connectivity index (χ2n) is 10.1. The summed E-state index contributed by atoms with van der Waals surface area (Å²) in [4.78, 5) is 20.6. The van der Waals surface area contributed by atoms with E-state index in [1.165, 1.54) is 83.6 Å². The molecule has 1 unspecified atom stereocenters. The Bertz CT molecular complexity index is 870. The second kappa shape index (κ2) is 18.1. The second-order valence-corrected chi connectivity index (χ2v) is 10.1. The number of hydrogen-bond acceptors (Lipinski definition) is 10. The maximum absolute atomic E-state index is 12.5. The average Bonchev–Trinajstić information content (AvgIpc) is 3.60. The van der Waals surface area contributed by atoms with Crippen LogP contribution in [0.25, 0.3) is 0 Å². The van der Waals surface area contributed by atoms with E-state index in [4.69, 9.17) is 13.6 Å². The standard InChI is InChI=1S/C28H46N2O8/c1-3-4-5-6-7-8-9-10-11-12-13-14-15-25(34)38-27(24-17-29-19-37-24)28-30-21(18-36-28)22(32)16-23(33)26(35)20(2)31/h17-20,22-23,26-27,31-33,35H,3-16H2,1-2H3/t20-,22+,23-,26?,27+/m1/s1. The van der Waals surface area contributed by atoms with Crippen LogP contribution in [0.1, 0.15) is 133 Å². The largest absolute Gasteiger partial charge is 0.445 e. The van der Waals surface area contributed by atoms with E-state index in [1.54, 1.807) is 0 Å². The summed E-state index contributed by atoms with van der Waals surface area (Å²) in [5, 5.41) is 39.6. The Morgan fingerprint density at radius 3 is 2.08 bits per heavy atom. The summed E-state index contributed by atoms with van der Waals surface area (Å²) in [6.45, 7) is 3.57. The van der Waals surface area contributed by atoms with Crippen LogP contribution in [0, 0.1) is 0 Å². The van der Waals surface area contributed by atoms with Crippen molar-refractivity contribution in [2.75, 3.05) is 0 Å². The molecule has 2 aromatic rings. The van der Waals surface area contributed by atoms with Gasteiger partial charge in [0.1, 0.15) is 24.2 Å². The summed E-state index contributed by atoms with van der Waals surface area (Å²) in [5.74, 6) is -0.209. The van der Waals surface area contributed by atoms with Gasteiger partial charge >= 0.3 is 5.97 Å². The van der Waals surface area contributed by atoms with Crippen molar-refractivity contribution < 1.29 is 38.8 Å². The zero-order valence-corrected chi connectivity index (χ0v) is 22.8. The summed E-state index contributed by atoms with van der Waals surface area (Å²) in [5.41, 5.74) is 0.0818. The zero-order chi connectivity index (χ0) is 27.8. The van der Waals surface area contributed by atoms with Crippen molar-refractivity contribution in [2.45, 2.75) is 134 Å². The Balaban J connectivity index is 1.76. The molecule has 0 fully saturated rings. The lowest BCUT2D eigenvalue weighted by atomic mass is 10.0. The Morgan fingerprint density at radius 2 is 1.53 bits per heavy atom. The van der Waals surface area contributed by atoms with Gasteiger partial charge in [-0.1, -0.05) is 77.6 Å². The van der Waals surface area contributed by atoms with Gasteiger partial charge in [0.25, 0.3) is 0 Å². The summed E-state index contributed by atoms with van der Waals surface area (Å²) < 4.78 is 16.3. The lowest BCUT2D eigenvalue weighted by molar-refractivity contribution is -0.149. The quantitative estimate of drug-likeness (QED) is 0.127. The Labute approximate surface area is 225 Å². The molecule has 0 saturated heterocycles. The van der Waals surface area contributed by atoms with Gasteiger partial charge < -0.3 is 34.0 Å². The zero-order valence-electron chi connectivity index (χ0n) is 22.8. The highest BCUT2D eigenvalue weighted by atomic mass is 16.6. The number of rotatable bonds is 21. The third kappa shape index (κ3) is 11.6. The molecular weight excluding hydrogens is 492 g/mol. The van der Waals surface area contributed by atoms with Crippen LogP contribution in [0.5, 0.6) is 0 Å². The van der Waals surface area contributed by atoms with Gasteiger partial charge in [0.05, 0.1) is 18.4 Å². The fourth-order valence-corrected chi connectivity index (χ4v) is 4.27. The van der Waals surface area contributed by atoms with Gasteiger partial charge in [0, 0.05) is 12.8 Å². The molecule has 0 aliphatic rings. The number of esters is 1. The minimum Gasteiger partial charge on any atom is -0.445 e. The minimum absolute atomic E-state index is 0.00981. The van der Waals surface area contributed by atoms with E-state index in [1.807, 2.05) is 0 Å². The number of aliphatic hydroxyl groups excluding tert-OH is 4. The smallest absolute Gasteiger partial charge is 0.307 e. The molecule has 38 heavy (non-hydrogen) atoms. The molecule has 0 aliphatic carbocycles. The van der Waals surface area contributed by atoms with Crippen LogP contribution in [-0.2, 0) is 9.53 Å². The van der Waals surface area contributed by atoms with E-state index in [-0.39, 0.29) is 30.2 Å². The third-order valence-electron chi connectivity index (χ3n) is 6.65. The molecule has 10 nitrogen and oxygen atoms in total. The van der Waals surface area contributed by atoms with Crippen molar-refractivity contribution in [3.63, 3.8) is 0 Å². The molecule has 0 spiro atoms. The van der Waals surface area contributed by atoms with Crippen molar-refractivity contribution in [2.24, 2.45) is 0 Å². The number of carbonyl (C=O) groups is 1. The van der Waals surface area contributed by atoms with E-state index in [9.17, 15) is 25.2 Å². The van der Waals surface area contributed by atoms with Gasteiger partial charge in [-0.25, -0.2) is 9.97 Å². The minimum atomic E-state index is -1.42. The Kier molecular flexibility index (Phi) is 15.2. The highest BCUT2D eigenvalue weighted by molar-refractivity contribution is 5.69. The highest BCUT2D eigenvalue weighted by Crippen LogP contribution is 2.29. The Morgan fingerprint density at radius 1 is 0.921 bits per heavy atom. The monoisotopic (exact) mass is 538 g/mol. The first kappa shape index (κ1) is 31.9. The van der Waals surface area contributed by atoms with Crippen LogP contribution in [0.4, 0.5) is 0 Å². The van der Waals surface area contributed by atoms with Crippen molar-refractivity contribution in [1.29, 1.82) is 0 Å². The van der Waals surface area contributed by atoms with Crippen molar-refractivity contribution >= 4 is 5.97 Å². The molecule has 5 atom stereocenters. The number of hydrogen-bond donors (Lipinski definition) is 4. The van der Waals surface area contributed by atoms with Crippen molar-refractivity contribution in [3.8, 4) is 0 Å². The first-order valence-electron chi connectivity index (χ1n) is 14.1. The van der Waals surface area contributed by atoms with Gasteiger partial charge in [0.15, 0.2) is 12.2 Å². The summed E-state index contributed by atoms with van der Waals surface area (Å²) in [7, 11) is 0. The SMILES string of the molecule is CCCCCCCCCCCCCCC(=O)O[C@@H](c1cnco1)c1nc([C@@H](O)C[C@@H](O)C(O)[C@@H](C)O)co1. The predicted octanol–water partition coefficient (Wildman–Crippen LogP) is 4.91. The first-order chi connectivity index (χ1) is 18.3. The molecule has 0 amide bonds. The van der Waals surface area contributed by atoms with E-state index in [0.29, 0.717) is 0 Å². The van der Waals surface area contributed by atoms with E-state index in [2.05, 4.69) is 16.9 Å². The van der Waals surface area contributed by atoms with Gasteiger partial charge in [-0.15, -0.1) is 0 Å². The predicted molar refractivity (Wildman–Crippen MR) is 140 cm³/mol. The van der Waals surface area contributed by atoms with Gasteiger partial charge in [-0.3, -0.25) is 4.79 Å². The lowest BCUT2D eigenvalue weighted by Crippen LogP contribution is -2.36. The molecule has 0 bridgehead atoms. The maximum atomic E-state index is 12.5. The summed E-state index contributed by atoms with van der Waals surface area (Å²) in [6, 6.07) is 0. The molecule has 10 heteroatoms. The van der Waals surface area contributed by atoms with E-state index < -0.39 is 36.5 Å². The van der Waals surface area contributed by atoms with Crippen LogP contribution in [-0.4, -0.2) is 54.7 Å². The molecule has 2 heterocycles. The van der Waals surface area contributed by atoms with Crippen molar-refractivity contribution in [1.82, 2.24) is 9.97 Å². The lowest BCUT2D eigenvalue weighted by Gasteiger charge is -2.21. The van der Waals surface area contributed by atoms with E-state index in [0.717, 1.165) is 19.3 Å². The van der Waals surface area contributed by atoms with Gasteiger partial charge in [-0.05, 0) is 13.3 Å². The fourth-order valence-electron chi connectivity index (χ4n) is 4.27. The number of oxazole rings is 2. The van der Waals surface area contributed by atoms with Gasteiger partial charge in [-0.2, -0.15) is 0 Å². The summed E-state index contributed by atoms with van der Waals surface area (Å²) in [6.07, 6.45) is 11.9. The molecular formula is C28H46N2O8. The molecule has 0 saturated carbocycles. The number of unbranched alkanes of at least 4 members (excludes halogenated alkanes) is 11. The number of aromatic nitrogens is 2. The van der Waals surface area contributed by atoms with Crippen LogP contribution in [0.2, 0.25) is 0 Å². The normalized spacial score (nSPS) is 15.6. The third-order valence-corrected chi connectivity index (χ3v) is 6.65. The Hall–Kier alpha value is -2.27. The number of carbonyl (C=O) groups excluding carboxylic acids is 1. The van der Waals surface area contributed by atoms with Crippen LogP contribution in [0.3, 0.4) is 0 Å².